The fraction of sp³-hybridized carbons (Fsp3) is 0.333. The van der Waals surface area contributed by atoms with Gasteiger partial charge >= 0.3 is 6.09 Å². The minimum absolute atomic E-state index is 0.0589. The van der Waals surface area contributed by atoms with Crippen LogP contribution in [0.2, 0.25) is 5.02 Å². The predicted octanol–water partition coefficient (Wildman–Crippen LogP) is 2.69. The lowest BCUT2D eigenvalue weighted by Crippen LogP contribution is -2.28. The zero-order valence-corrected chi connectivity index (χ0v) is 10.2. The largest absolute Gasteiger partial charge is 0.453 e. The molecule has 90 valence electrons. The number of alkyl carbamates (subject to hydrolysis) is 1. The van der Waals surface area contributed by atoms with Gasteiger partial charge in [0.1, 0.15) is 0 Å². The first-order valence-corrected chi connectivity index (χ1v) is 5.49. The standard InChI is InChI=1S/C12H13ClN2O2/c1-17-12(16)15-8-10(6-7-14)9-2-4-11(13)5-3-9/h2-5,10H,6,8H2,1H3,(H,15,16)/t10-/m0/s1. The van der Waals surface area contributed by atoms with E-state index in [1.807, 2.05) is 12.1 Å². The van der Waals surface area contributed by atoms with Crippen LogP contribution in [0.1, 0.15) is 17.9 Å². The molecule has 0 aliphatic rings. The summed E-state index contributed by atoms with van der Waals surface area (Å²) in [6.45, 7) is 0.363. The van der Waals surface area contributed by atoms with E-state index in [0.29, 0.717) is 18.0 Å². The SMILES string of the molecule is COC(=O)NC[C@H](CC#N)c1ccc(Cl)cc1. The van der Waals surface area contributed by atoms with Gasteiger partial charge in [0.05, 0.1) is 13.2 Å². The number of methoxy groups -OCH3 is 1. The normalized spacial score (nSPS) is 11.4. The van der Waals surface area contributed by atoms with Gasteiger partial charge in [0, 0.05) is 23.9 Å². The number of hydrogen-bond acceptors (Lipinski definition) is 3. The van der Waals surface area contributed by atoms with Crippen molar-refractivity contribution in [1.82, 2.24) is 5.32 Å². The highest BCUT2D eigenvalue weighted by Gasteiger charge is 2.12. The maximum atomic E-state index is 11.0. The summed E-state index contributed by atoms with van der Waals surface area (Å²) in [5, 5.41) is 12.0. The van der Waals surface area contributed by atoms with Gasteiger partial charge in [-0.3, -0.25) is 0 Å². The second-order valence-corrected chi connectivity index (χ2v) is 3.92. The Bertz CT molecular complexity index is 412. The Balaban J connectivity index is 2.68. The molecular formula is C12H13ClN2O2. The summed E-state index contributed by atoms with van der Waals surface area (Å²) in [5.74, 6) is -0.0589. The maximum Gasteiger partial charge on any atom is 0.406 e. The molecule has 0 radical (unpaired) electrons. The zero-order chi connectivity index (χ0) is 12.7. The highest BCUT2D eigenvalue weighted by Crippen LogP contribution is 2.20. The molecule has 0 aromatic heterocycles. The molecule has 0 aliphatic carbocycles. The highest BCUT2D eigenvalue weighted by molar-refractivity contribution is 6.30. The van der Waals surface area contributed by atoms with E-state index in [0.717, 1.165) is 5.56 Å². The third-order valence-corrected chi connectivity index (χ3v) is 2.61. The van der Waals surface area contributed by atoms with Crippen molar-refractivity contribution in [3.05, 3.63) is 34.9 Å². The first-order chi connectivity index (χ1) is 8.17. The molecule has 5 heteroatoms. The van der Waals surface area contributed by atoms with Gasteiger partial charge in [-0.15, -0.1) is 0 Å². The summed E-state index contributed by atoms with van der Waals surface area (Å²) in [6, 6.07) is 9.33. The lowest BCUT2D eigenvalue weighted by molar-refractivity contribution is 0.170. The third kappa shape index (κ3) is 4.33. The molecule has 1 aromatic carbocycles. The Morgan fingerprint density at radius 1 is 1.53 bits per heavy atom. The molecule has 17 heavy (non-hydrogen) atoms. The van der Waals surface area contributed by atoms with Crippen LogP contribution >= 0.6 is 11.6 Å². The van der Waals surface area contributed by atoms with Gasteiger partial charge in [0.25, 0.3) is 0 Å². The predicted molar refractivity (Wildman–Crippen MR) is 64.8 cm³/mol. The van der Waals surface area contributed by atoms with Crippen molar-refractivity contribution in [2.24, 2.45) is 0 Å². The molecule has 1 atom stereocenters. The minimum atomic E-state index is -0.498. The highest BCUT2D eigenvalue weighted by atomic mass is 35.5. The Morgan fingerprint density at radius 2 is 2.18 bits per heavy atom. The van der Waals surface area contributed by atoms with Crippen molar-refractivity contribution in [2.45, 2.75) is 12.3 Å². The molecular weight excluding hydrogens is 240 g/mol. The summed E-state index contributed by atoms with van der Waals surface area (Å²) in [4.78, 5) is 11.0. The maximum absolute atomic E-state index is 11.0. The van der Waals surface area contributed by atoms with Crippen LogP contribution < -0.4 is 5.32 Å². The molecule has 1 rings (SSSR count). The van der Waals surface area contributed by atoms with E-state index in [9.17, 15) is 4.79 Å². The number of hydrogen-bond donors (Lipinski definition) is 1. The van der Waals surface area contributed by atoms with Crippen LogP contribution in [0.25, 0.3) is 0 Å². The van der Waals surface area contributed by atoms with E-state index in [2.05, 4.69) is 16.1 Å². The first kappa shape index (κ1) is 13.3. The number of carbonyl (C=O) groups excluding carboxylic acids is 1. The molecule has 0 fully saturated rings. The van der Waals surface area contributed by atoms with Gasteiger partial charge < -0.3 is 10.1 Å². The second kappa shape index (κ2) is 6.77. The summed E-state index contributed by atoms with van der Waals surface area (Å²) in [7, 11) is 1.30. The fourth-order valence-electron chi connectivity index (χ4n) is 1.43. The van der Waals surface area contributed by atoms with Crippen molar-refractivity contribution in [3.63, 3.8) is 0 Å². The second-order valence-electron chi connectivity index (χ2n) is 3.48. The topological polar surface area (TPSA) is 62.1 Å². The van der Waals surface area contributed by atoms with Crippen LogP contribution in [0.15, 0.2) is 24.3 Å². The lowest BCUT2D eigenvalue weighted by Gasteiger charge is -2.14. The van der Waals surface area contributed by atoms with E-state index in [-0.39, 0.29) is 5.92 Å². The number of nitrogens with zero attached hydrogens (tertiary/aromatic N) is 1. The average molecular weight is 253 g/mol. The van der Waals surface area contributed by atoms with Crippen LogP contribution in [0.5, 0.6) is 0 Å². The molecule has 0 unspecified atom stereocenters. The van der Waals surface area contributed by atoms with Crippen LogP contribution in [0.3, 0.4) is 0 Å². The molecule has 1 aromatic rings. The number of ether oxygens (including phenoxy) is 1. The zero-order valence-electron chi connectivity index (χ0n) is 9.44. The first-order valence-electron chi connectivity index (χ1n) is 5.11. The van der Waals surface area contributed by atoms with Gasteiger partial charge in [0.2, 0.25) is 0 Å². The molecule has 0 saturated carbocycles. The molecule has 0 bridgehead atoms. The van der Waals surface area contributed by atoms with Crippen LogP contribution in [-0.4, -0.2) is 19.7 Å². The average Bonchev–Trinajstić information content (AvgIpc) is 2.35. The molecule has 0 aliphatic heterocycles. The number of rotatable bonds is 4. The third-order valence-electron chi connectivity index (χ3n) is 2.36. The van der Waals surface area contributed by atoms with Crippen LogP contribution in [0.4, 0.5) is 4.79 Å². The van der Waals surface area contributed by atoms with E-state index in [1.165, 1.54) is 7.11 Å². The molecule has 1 amide bonds. The van der Waals surface area contributed by atoms with Gasteiger partial charge in [-0.05, 0) is 17.7 Å². The Labute approximate surface area is 105 Å². The molecule has 0 saturated heterocycles. The van der Waals surface area contributed by atoms with Crippen molar-refractivity contribution in [2.75, 3.05) is 13.7 Å². The Morgan fingerprint density at radius 3 is 2.71 bits per heavy atom. The molecule has 0 heterocycles. The number of halogens is 1. The Hall–Kier alpha value is -1.73. The molecule has 4 nitrogen and oxygen atoms in total. The van der Waals surface area contributed by atoms with Crippen molar-refractivity contribution >= 4 is 17.7 Å². The quantitative estimate of drug-likeness (QED) is 0.896. The van der Waals surface area contributed by atoms with Crippen molar-refractivity contribution in [3.8, 4) is 6.07 Å². The van der Waals surface area contributed by atoms with Crippen LogP contribution in [0, 0.1) is 11.3 Å². The van der Waals surface area contributed by atoms with Gasteiger partial charge in [-0.25, -0.2) is 4.79 Å². The summed E-state index contributed by atoms with van der Waals surface area (Å²) >= 11 is 5.79. The van der Waals surface area contributed by atoms with Crippen molar-refractivity contribution < 1.29 is 9.53 Å². The lowest BCUT2D eigenvalue weighted by atomic mass is 9.96. The van der Waals surface area contributed by atoms with Crippen molar-refractivity contribution in [1.29, 1.82) is 5.26 Å². The summed E-state index contributed by atoms with van der Waals surface area (Å²) in [6.07, 6.45) is -0.173. The summed E-state index contributed by atoms with van der Waals surface area (Å²) in [5.41, 5.74) is 0.965. The van der Waals surface area contributed by atoms with E-state index >= 15 is 0 Å². The molecule has 0 spiro atoms. The number of amides is 1. The monoisotopic (exact) mass is 252 g/mol. The van der Waals surface area contributed by atoms with Crippen LogP contribution in [-0.2, 0) is 4.74 Å². The van der Waals surface area contributed by atoms with Gasteiger partial charge in [-0.2, -0.15) is 5.26 Å². The van der Waals surface area contributed by atoms with E-state index in [1.54, 1.807) is 12.1 Å². The van der Waals surface area contributed by atoms with Gasteiger partial charge in [-0.1, -0.05) is 23.7 Å². The number of carbonyl (C=O) groups is 1. The minimum Gasteiger partial charge on any atom is -0.453 e. The summed E-state index contributed by atoms with van der Waals surface area (Å²) < 4.78 is 4.48. The number of nitrogens with one attached hydrogen (secondary N) is 1. The Kier molecular flexibility index (Phi) is 5.31. The fourth-order valence-corrected chi connectivity index (χ4v) is 1.56. The van der Waals surface area contributed by atoms with Gasteiger partial charge in [0.15, 0.2) is 0 Å². The van der Waals surface area contributed by atoms with E-state index < -0.39 is 6.09 Å². The smallest absolute Gasteiger partial charge is 0.406 e. The number of benzene rings is 1. The molecule has 1 N–H and O–H groups in total. The number of nitriles is 1. The van der Waals surface area contributed by atoms with E-state index in [4.69, 9.17) is 16.9 Å².